The third-order valence-corrected chi connectivity index (χ3v) is 4.45. The molecule has 0 saturated carbocycles. The smallest absolute Gasteiger partial charge is 0.0555 e. The first kappa shape index (κ1) is 13.2. The maximum Gasteiger partial charge on any atom is 0.0555 e. The summed E-state index contributed by atoms with van der Waals surface area (Å²) in [6.07, 6.45) is 4.06. The van der Waals surface area contributed by atoms with Gasteiger partial charge in [0, 0.05) is 22.3 Å². The van der Waals surface area contributed by atoms with Crippen LogP contribution in [0.15, 0.2) is 21.9 Å². The molecule has 1 aromatic rings. The van der Waals surface area contributed by atoms with Crippen LogP contribution in [0.3, 0.4) is 0 Å². The van der Waals surface area contributed by atoms with E-state index >= 15 is 0 Å². The first-order chi connectivity index (χ1) is 7.13. The number of aliphatic hydroxyl groups excluding tert-OH is 1. The van der Waals surface area contributed by atoms with Crippen molar-refractivity contribution in [2.24, 2.45) is 0 Å². The van der Waals surface area contributed by atoms with Gasteiger partial charge in [-0.05, 0) is 30.2 Å². The summed E-state index contributed by atoms with van der Waals surface area (Å²) in [5, 5.41) is 9.90. The summed E-state index contributed by atoms with van der Waals surface area (Å²) in [5.74, 6) is 0.143. The van der Waals surface area contributed by atoms with E-state index in [1.165, 1.54) is 4.90 Å². The molecular weight excluding hydrogens is 248 g/mol. The van der Waals surface area contributed by atoms with Gasteiger partial charge >= 0.3 is 0 Å². The largest absolute Gasteiger partial charge is 0.396 e. The zero-order valence-electron chi connectivity index (χ0n) is 9.08. The highest BCUT2D eigenvalue weighted by Crippen LogP contribution is 2.37. The van der Waals surface area contributed by atoms with Gasteiger partial charge in [-0.2, -0.15) is 0 Å². The second-order valence-electron chi connectivity index (χ2n) is 3.32. The third-order valence-electron chi connectivity index (χ3n) is 2.30. The Morgan fingerprint density at radius 1 is 1.33 bits per heavy atom. The summed E-state index contributed by atoms with van der Waals surface area (Å²) in [4.78, 5) is 2.31. The van der Waals surface area contributed by atoms with Gasteiger partial charge in [0.25, 0.3) is 0 Å². The lowest BCUT2D eigenvalue weighted by Crippen LogP contribution is -1.99. The molecule has 1 rings (SSSR count). The first-order valence-corrected chi connectivity index (χ1v) is 7.49. The molecule has 0 aliphatic heterocycles. The van der Waals surface area contributed by atoms with Crippen LogP contribution in [0, 0.1) is 0 Å². The molecule has 0 aliphatic carbocycles. The van der Waals surface area contributed by atoms with Crippen molar-refractivity contribution in [2.75, 3.05) is 19.1 Å². The van der Waals surface area contributed by atoms with E-state index in [4.69, 9.17) is 16.7 Å². The van der Waals surface area contributed by atoms with E-state index in [0.717, 1.165) is 15.5 Å². The predicted octanol–water partition coefficient (Wildman–Crippen LogP) is 3.88. The van der Waals surface area contributed by atoms with Crippen molar-refractivity contribution in [1.82, 2.24) is 0 Å². The van der Waals surface area contributed by atoms with E-state index in [-0.39, 0.29) is 12.5 Å². The normalized spacial score (nSPS) is 12.9. The van der Waals surface area contributed by atoms with Crippen molar-refractivity contribution in [3.8, 4) is 0 Å². The van der Waals surface area contributed by atoms with Gasteiger partial charge in [-0.15, -0.1) is 23.5 Å². The highest BCUT2D eigenvalue weighted by atomic mass is 35.5. The van der Waals surface area contributed by atoms with Crippen molar-refractivity contribution in [2.45, 2.75) is 22.6 Å². The molecule has 84 valence electrons. The maximum absolute atomic E-state index is 9.11. The first-order valence-electron chi connectivity index (χ1n) is 4.66. The summed E-state index contributed by atoms with van der Waals surface area (Å²) < 4.78 is 0. The Hall–Kier alpha value is 0.170. The molecule has 0 saturated heterocycles. The highest BCUT2D eigenvalue weighted by molar-refractivity contribution is 8.01. The van der Waals surface area contributed by atoms with Gasteiger partial charge in [0.05, 0.1) is 5.02 Å². The Balaban J connectivity index is 3.19. The zero-order chi connectivity index (χ0) is 11.4. The molecule has 0 aromatic heterocycles. The summed E-state index contributed by atoms with van der Waals surface area (Å²) in [6, 6.07) is 4.07. The molecule has 0 spiro atoms. The summed E-state index contributed by atoms with van der Waals surface area (Å²) in [6.45, 7) is 2.15. The Labute approximate surface area is 105 Å². The molecule has 0 aliphatic rings. The maximum atomic E-state index is 9.11. The van der Waals surface area contributed by atoms with Crippen LogP contribution in [0.2, 0.25) is 5.02 Å². The number of hydrogen-bond donors (Lipinski definition) is 1. The van der Waals surface area contributed by atoms with Gasteiger partial charge < -0.3 is 5.11 Å². The van der Waals surface area contributed by atoms with Crippen LogP contribution in [-0.2, 0) is 0 Å². The number of rotatable bonds is 4. The van der Waals surface area contributed by atoms with Gasteiger partial charge in [0.1, 0.15) is 0 Å². The number of hydrogen-bond acceptors (Lipinski definition) is 3. The Kier molecular flexibility index (Phi) is 5.33. The molecule has 4 heteroatoms. The van der Waals surface area contributed by atoms with Crippen LogP contribution < -0.4 is 0 Å². The fourth-order valence-electron chi connectivity index (χ4n) is 1.33. The molecule has 0 fully saturated rings. The number of benzene rings is 1. The number of aliphatic hydroxyl groups is 1. The second-order valence-corrected chi connectivity index (χ2v) is 5.39. The number of thioether (sulfide) groups is 2. The molecule has 1 nitrogen and oxygen atoms in total. The van der Waals surface area contributed by atoms with E-state index in [0.29, 0.717) is 0 Å². The van der Waals surface area contributed by atoms with Crippen LogP contribution in [0.1, 0.15) is 18.4 Å². The van der Waals surface area contributed by atoms with Crippen molar-refractivity contribution in [1.29, 1.82) is 0 Å². The molecule has 1 atom stereocenters. The van der Waals surface area contributed by atoms with E-state index in [1.807, 2.05) is 25.5 Å². The molecule has 1 N–H and O–H groups in total. The quantitative estimate of drug-likeness (QED) is 0.832. The standard InChI is InChI=1S/C11H15ClOS2/c1-7(6-13)8-4-9(12)11(15-3)10(5-8)14-2/h4-5,7,13H,6H2,1-3H3. The lowest BCUT2D eigenvalue weighted by Gasteiger charge is -2.14. The van der Waals surface area contributed by atoms with Crippen molar-refractivity contribution >= 4 is 35.1 Å². The summed E-state index contributed by atoms with van der Waals surface area (Å²) in [5.41, 5.74) is 1.10. The number of halogens is 1. The van der Waals surface area contributed by atoms with Gasteiger partial charge in [-0.1, -0.05) is 18.5 Å². The lowest BCUT2D eigenvalue weighted by atomic mass is 10.0. The Bertz CT molecular complexity index is 342. The molecule has 1 aromatic carbocycles. The molecule has 0 heterocycles. The van der Waals surface area contributed by atoms with Gasteiger partial charge in [-0.3, -0.25) is 0 Å². The van der Waals surface area contributed by atoms with Gasteiger partial charge in [-0.25, -0.2) is 0 Å². The highest BCUT2D eigenvalue weighted by Gasteiger charge is 2.11. The average molecular weight is 263 g/mol. The lowest BCUT2D eigenvalue weighted by molar-refractivity contribution is 0.273. The zero-order valence-corrected chi connectivity index (χ0v) is 11.5. The molecule has 1 unspecified atom stereocenters. The molecule has 15 heavy (non-hydrogen) atoms. The van der Waals surface area contributed by atoms with Gasteiger partial charge in [0.2, 0.25) is 0 Å². The molecule has 0 bridgehead atoms. The Morgan fingerprint density at radius 2 is 2.00 bits per heavy atom. The van der Waals surface area contributed by atoms with Crippen LogP contribution in [0.5, 0.6) is 0 Å². The monoisotopic (exact) mass is 262 g/mol. The fourth-order valence-corrected chi connectivity index (χ4v) is 3.41. The van der Waals surface area contributed by atoms with E-state index in [9.17, 15) is 0 Å². The Morgan fingerprint density at radius 3 is 2.47 bits per heavy atom. The molecule has 0 radical (unpaired) electrons. The average Bonchev–Trinajstić information content (AvgIpc) is 2.26. The van der Waals surface area contributed by atoms with E-state index in [1.54, 1.807) is 23.5 Å². The molecular formula is C11H15ClOS2. The summed E-state index contributed by atoms with van der Waals surface area (Å²) in [7, 11) is 0. The minimum absolute atomic E-state index is 0.143. The van der Waals surface area contributed by atoms with Crippen molar-refractivity contribution in [3.63, 3.8) is 0 Å². The van der Waals surface area contributed by atoms with Crippen LogP contribution in [0.4, 0.5) is 0 Å². The minimum Gasteiger partial charge on any atom is -0.396 e. The third kappa shape index (κ3) is 3.06. The topological polar surface area (TPSA) is 20.2 Å². The summed E-state index contributed by atoms with van der Waals surface area (Å²) >= 11 is 9.55. The van der Waals surface area contributed by atoms with Crippen LogP contribution >= 0.6 is 35.1 Å². The van der Waals surface area contributed by atoms with E-state index in [2.05, 4.69) is 6.07 Å². The van der Waals surface area contributed by atoms with Crippen LogP contribution in [0.25, 0.3) is 0 Å². The van der Waals surface area contributed by atoms with Crippen molar-refractivity contribution in [3.05, 3.63) is 22.7 Å². The SMILES string of the molecule is CSc1cc(C(C)CO)cc(Cl)c1SC. The minimum atomic E-state index is 0.143. The van der Waals surface area contributed by atoms with Crippen molar-refractivity contribution < 1.29 is 5.11 Å². The predicted molar refractivity (Wildman–Crippen MR) is 70.5 cm³/mol. The van der Waals surface area contributed by atoms with Gasteiger partial charge in [0.15, 0.2) is 0 Å². The molecule has 0 amide bonds. The van der Waals surface area contributed by atoms with Crippen LogP contribution in [-0.4, -0.2) is 24.2 Å². The van der Waals surface area contributed by atoms with E-state index < -0.39 is 0 Å². The fraction of sp³-hybridized carbons (Fsp3) is 0.455. The second kappa shape index (κ2) is 6.04.